The van der Waals surface area contributed by atoms with Crippen LogP contribution in [0.25, 0.3) is 0 Å². The van der Waals surface area contributed by atoms with Gasteiger partial charge in [-0.25, -0.2) is 27.1 Å². The molecule has 0 unspecified atom stereocenters. The molecule has 2 aliphatic carbocycles. The van der Waals surface area contributed by atoms with Crippen LogP contribution < -0.4 is 31.9 Å². The summed E-state index contributed by atoms with van der Waals surface area (Å²) < 4.78 is 72.4. The molecule has 3 aliphatic heterocycles. The number of aryl methyl sites for hydroxylation is 9. The number of morpholine rings is 1. The van der Waals surface area contributed by atoms with Crippen molar-refractivity contribution in [2.75, 3.05) is 102 Å². The molecular formula is C114H140F5N13O10. The Morgan fingerprint density at radius 3 is 1.12 bits per heavy atom. The summed E-state index contributed by atoms with van der Waals surface area (Å²) in [5, 5.41) is 22.1. The fourth-order valence-corrected chi connectivity index (χ4v) is 15.4. The molecule has 7 N–H and O–H groups in total. The SMILES string of the molecule is CC(=O)CCNc1ccc(C)cc1F.CNC(=O)c1cccc(C)c1.Cc1ccc(C(=O)CCCN2CCCC2)cc1.Cc1ccc(C(=O)CCCN2CCCCC2)cc1.Cc1ccc(C(=O)CCCN2CCOCC2)cc1.Cc1ccc(C(=O)NC2CC2)c(F)c1.Cc1ccc(C(=O)NC2CCCCC2)c(F)c1.Cc1ccc(C(=O)Nc2ccncc2)c(F)c1.Cc1ccc(C(=O)Nc2ncn[nH]2)c(F)c1. The van der Waals surface area contributed by atoms with E-state index in [4.69, 9.17) is 4.74 Å². The summed E-state index contributed by atoms with van der Waals surface area (Å²) in [6, 6.07) is 58.2. The van der Waals surface area contributed by atoms with Crippen LogP contribution in [-0.4, -0.2) is 185 Å². The summed E-state index contributed by atoms with van der Waals surface area (Å²) >= 11 is 0. The smallest absolute Gasteiger partial charge is 0.260 e. The number of pyridine rings is 1. The molecule has 28 heteroatoms. The molecule has 2 aromatic heterocycles. The van der Waals surface area contributed by atoms with E-state index in [0.717, 1.165) is 154 Å². The minimum absolute atomic E-state index is 0.0259. The number of hydrogen-bond acceptors (Lipinski definition) is 17. The number of anilines is 3. The molecule has 9 aromatic carbocycles. The Balaban J connectivity index is 0.000000196. The highest BCUT2D eigenvalue weighted by Crippen LogP contribution is 2.24. The number of ether oxygens (including phenoxy) is 1. The van der Waals surface area contributed by atoms with Crippen molar-refractivity contribution in [1.82, 2.24) is 50.8 Å². The molecule has 5 amide bonds. The Hall–Kier alpha value is -13.4. The molecule has 756 valence electrons. The van der Waals surface area contributed by atoms with Gasteiger partial charge in [-0.1, -0.05) is 163 Å². The minimum atomic E-state index is -0.561. The number of aromatic nitrogens is 4. The predicted octanol–water partition coefficient (Wildman–Crippen LogP) is 22.2. The molecule has 0 bridgehead atoms. The highest BCUT2D eigenvalue weighted by atomic mass is 19.1. The monoisotopic (exact) mass is 1950 g/mol. The van der Waals surface area contributed by atoms with Crippen LogP contribution in [0.1, 0.15) is 262 Å². The third kappa shape index (κ3) is 43.4. The zero-order valence-electron chi connectivity index (χ0n) is 84.0. The van der Waals surface area contributed by atoms with Gasteiger partial charge in [0.05, 0.1) is 41.2 Å². The van der Waals surface area contributed by atoms with E-state index in [2.05, 4.69) is 66.8 Å². The van der Waals surface area contributed by atoms with Crippen LogP contribution in [0, 0.1) is 91.4 Å². The van der Waals surface area contributed by atoms with Crippen molar-refractivity contribution in [3.8, 4) is 0 Å². The molecule has 5 aliphatic rings. The van der Waals surface area contributed by atoms with Crippen molar-refractivity contribution in [2.45, 2.75) is 203 Å². The van der Waals surface area contributed by atoms with Crippen LogP contribution in [-0.2, 0) is 9.53 Å². The zero-order chi connectivity index (χ0) is 103. The number of amides is 5. The van der Waals surface area contributed by atoms with Gasteiger partial charge in [0, 0.05) is 105 Å². The molecule has 0 radical (unpaired) electrons. The standard InChI is InChI=1S/C16H23NO.C15H21NO2.C15H21NO.C14H18FNO.C13H11FN2O.C11H12FNO.C11H14FNO.C10H9FN4O.C9H11NO/c1-14-7-9-15(10-8-14)16(18)6-5-13-17-11-3-2-4-12-17;1-13-4-6-14(7-5-13)15(17)3-2-8-16-9-11-18-12-10-16;1-13-6-8-14(9-7-13)15(17)5-4-12-16-10-2-3-11-16;1-10-7-8-12(13(15)9-10)14(17)16-11-5-3-2-4-6-11;1-9-2-3-11(12(14)8-9)13(17)16-10-4-6-15-7-5-10;1-7-2-5-9(10(12)6-7)11(14)13-8-3-4-8;1-8-3-4-11(10(12)7-8)13-6-5-9(2)14;1-6-2-3-7(8(11)4-6)9(16)14-10-12-5-13-15-10;1-7-4-3-5-8(6-7)9(11)10-2/h7-10H,2-6,11-13H2,1H3;4-7H,2-3,8-12H2,1H3;6-9H,2-5,10-12H2,1H3;7-9,11H,2-6H2,1H3,(H,16,17);2-8H,1H3,(H,15,16,17);2,5-6,8H,3-4H2,1H3,(H,13,14);3-4,7,13H,5-6H2,1-2H3;2-5H,1H3,(H2,12,13,14,15,16);3-6H,1-2H3,(H,10,11). The van der Waals surface area contributed by atoms with E-state index in [1.807, 2.05) is 139 Å². The van der Waals surface area contributed by atoms with Crippen molar-refractivity contribution >= 4 is 70.0 Å². The lowest BCUT2D eigenvalue weighted by Crippen LogP contribution is -2.36. The van der Waals surface area contributed by atoms with E-state index in [1.165, 1.54) is 143 Å². The Bertz CT molecular complexity index is 5710. The Labute approximate surface area is 833 Å². The van der Waals surface area contributed by atoms with Crippen LogP contribution in [0.15, 0.2) is 219 Å². The van der Waals surface area contributed by atoms with E-state index in [9.17, 15) is 65.1 Å². The Morgan fingerprint density at radius 2 is 0.739 bits per heavy atom. The van der Waals surface area contributed by atoms with Crippen LogP contribution >= 0.6 is 0 Å². The van der Waals surface area contributed by atoms with E-state index in [1.54, 1.807) is 94.8 Å². The number of benzene rings is 9. The third-order valence-corrected chi connectivity index (χ3v) is 23.8. The van der Waals surface area contributed by atoms with Crippen LogP contribution in [0.2, 0.25) is 0 Å². The number of piperidine rings is 1. The second kappa shape index (κ2) is 62.0. The van der Waals surface area contributed by atoms with Gasteiger partial charge in [-0.15, -0.1) is 0 Å². The molecule has 142 heavy (non-hydrogen) atoms. The number of hydrogen-bond donors (Lipinski definition) is 7. The van der Waals surface area contributed by atoms with Gasteiger partial charge in [-0.05, 0) is 298 Å². The van der Waals surface area contributed by atoms with E-state index in [0.29, 0.717) is 49.2 Å². The number of carbonyl (C=O) groups is 9. The number of ketones is 4. The molecular weight excluding hydrogens is 1810 g/mol. The summed E-state index contributed by atoms with van der Waals surface area (Å²) in [5.74, 6) is -2.76. The molecule has 0 spiro atoms. The number of Topliss-reactive ketones (excluding diaryl/α,β-unsaturated/α-hetero) is 4. The maximum atomic E-state index is 13.6. The highest BCUT2D eigenvalue weighted by Gasteiger charge is 2.26. The van der Waals surface area contributed by atoms with Crippen LogP contribution in [0.3, 0.4) is 0 Å². The van der Waals surface area contributed by atoms with Gasteiger partial charge in [0.25, 0.3) is 29.5 Å². The lowest BCUT2D eigenvalue weighted by molar-refractivity contribution is -0.116. The first-order valence-corrected chi connectivity index (χ1v) is 49.1. The molecule has 0 atom stereocenters. The first-order chi connectivity index (χ1) is 68.2. The number of rotatable bonds is 28. The fourth-order valence-electron chi connectivity index (χ4n) is 15.4. The van der Waals surface area contributed by atoms with Gasteiger partial charge in [-0.3, -0.25) is 58.4 Å². The molecule has 16 rings (SSSR count). The molecule has 3 saturated heterocycles. The Morgan fingerprint density at radius 1 is 0.373 bits per heavy atom. The van der Waals surface area contributed by atoms with Crippen molar-refractivity contribution in [3.63, 3.8) is 0 Å². The van der Waals surface area contributed by atoms with Crippen molar-refractivity contribution in [3.05, 3.63) is 343 Å². The van der Waals surface area contributed by atoms with Gasteiger partial charge < -0.3 is 41.1 Å². The van der Waals surface area contributed by atoms with Gasteiger partial charge in [0.1, 0.15) is 41.2 Å². The number of aromatic amines is 1. The molecule has 5 fully saturated rings. The van der Waals surface area contributed by atoms with Gasteiger partial charge in [0.15, 0.2) is 17.3 Å². The number of carbonyl (C=O) groups excluding carboxylic acids is 9. The summed E-state index contributed by atoms with van der Waals surface area (Å²) in [6.07, 6.45) is 24.0. The maximum Gasteiger partial charge on any atom is 0.260 e. The van der Waals surface area contributed by atoms with Crippen molar-refractivity contribution < 1.29 is 69.8 Å². The van der Waals surface area contributed by atoms with Crippen molar-refractivity contribution in [2.24, 2.45) is 0 Å². The maximum absolute atomic E-state index is 13.6. The summed E-state index contributed by atoms with van der Waals surface area (Å²) in [6.45, 7) is 30.8. The summed E-state index contributed by atoms with van der Waals surface area (Å²) in [4.78, 5) is 119. The zero-order valence-corrected chi connectivity index (χ0v) is 84.0. The van der Waals surface area contributed by atoms with E-state index >= 15 is 0 Å². The lowest BCUT2D eigenvalue weighted by Gasteiger charge is -2.26. The van der Waals surface area contributed by atoms with Gasteiger partial charge in [-0.2, -0.15) is 10.1 Å². The van der Waals surface area contributed by atoms with E-state index in [-0.39, 0.29) is 87.0 Å². The molecule has 23 nitrogen and oxygen atoms in total. The molecule has 2 saturated carbocycles. The third-order valence-electron chi connectivity index (χ3n) is 23.8. The van der Waals surface area contributed by atoms with Gasteiger partial charge >= 0.3 is 0 Å². The van der Waals surface area contributed by atoms with Crippen molar-refractivity contribution in [1.29, 1.82) is 0 Å². The van der Waals surface area contributed by atoms with E-state index < -0.39 is 35.1 Å². The quantitative estimate of drug-likeness (QED) is 0.0177. The molecule has 11 aromatic rings. The normalized spacial score (nSPS) is 13.7. The minimum Gasteiger partial charge on any atom is -0.382 e. The number of nitrogens with zero attached hydrogens (tertiary/aromatic N) is 6. The number of nitrogens with one attached hydrogen (secondary N) is 7. The number of halogens is 5. The Kier molecular flexibility index (Phi) is 49.7. The number of likely N-dealkylation sites (tertiary alicyclic amines) is 2. The average Bonchev–Trinajstić information content (AvgIpc) is 1.70. The first-order valence-electron chi connectivity index (χ1n) is 49.1. The largest absolute Gasteiger partial charge is 0.382 e. The topological polar surface area (TPSA) is 299 Å². The first kappa shape index (κ1) is 114. The highest BCUT2D eigenvalue weighted by molar-refractivity contribution is 6.05. The predicted molar refractivity (Wildman–Crippen MR) is 553 cm³/mol. The lowest BCUT2D eigenvalue weighted by atomic mass is 9.95. The number of H-pyrrole nitrogens is 1. The van der Waals surface area contributed by atoms with Crippen LogP contribution in [0.5, 0.6) is 0 Å². The summed E-state index contributed by atoms with van der Waals surface area (Å²) in [5.41, 5.74) is 13.4. The summed E-state index contributed by atoms with van der Waals surface area (Å²) in [7, 11) is 1.63. The second-order valence-corrected chi connectivity index (χ2v) is 36.4. The van der Waals surface area contributed by atoms with Crippen LogP contribution in [0.4, 0.5) is 39.3 Å². The molecule has 5 heterocycles. The fraction of sp³-hybridized carbons (Fsp3) is 0.386. The van der Waals surface area contributed by atoms with Gasteiger partial charge in [0.2, 0.25) is 5.95 Å². The average molecular weight is 1950 g/mol. The second-order valence-electron chi connectivity index (χ2n) is 36.4.